The molecule has 1 heterocycles. The van der Waals surface area contributed by atoms with Crippen LogP contribution in [0.4, 0.5) is 23.0 Å². The number of nitro benzene ring substituents is 1. The second kappa shape index (κ2) is 7.63. The summed E-state index contributed by atoms with van der Waals surface area (Å²) in [5.74, 6) is -0.953. The highest BCUT2D eigenvalue weighted by Gasteiger charge is 2.23. The van der Waals surface area contributed by atoms with Gasteiger partial charge in [0.25, 0.3) is 11.6 Å². The lowest BCUT2D eigenvalue weighted by atomic mass is 10.2. The van der Waals surface area contributed by atoms with Gasteiger partial charge in [-0.15, -0.1) is 0 Å². The zero-order valence-electron chi connectivity index (χ0n) is 12.9. The Kier molecular flexibility index (Phi) is 5.35. The van der Waals surface area contributed by atoms with E-state index in [9.17, 15) is 25.0 Å². The van der Waals surface area contributed by atoms with Crippen molar-refractivity contribution >= 4 is 28.9 Å². The highest BCUT2D eigenvalue weighted by Crippen LogP contribution is 2.28. The fourth-order valence-electron chi connectivity index (χ4n) is 1.89. The molecule has 0 aliphatic heterocycles. The Morgan fingerprint density at radius 2 is 1.88 bits per heavy atom. The fraction of sp³-hybridized carbons (Fsp3) is 0.154. The summed E-state index contributed by atoms with van der Waals surface area (Å²) in [6.07, 6.45) is 1.09. The fourth-order valence-corrected chi connectivity index (χ4v) is 1.89. The van der Waals surface area contributed by atoms with Crippen LogP contribution in [0.3, 0.4) is 0 Å². The lowest BCUT2D eigenvalue weighted by molar-refractivity contribution is -0.384. The molecular weight excluding hydrogens is 334 g/mol. The Morgan fingerprint density at radius 3 is 2.52 bits per heavy atom. The molecule has 12 nitrogen and oxygen atoms in total. The molecule has 1 aromatic carbocycles. The quantitative estimate of drug-likeness (QED) is 0.496. The second-order valence-corrected chi connectivity index (χ2v) is 4.59. The summed E-state index contributed by atoms with van der Waals surface area (Å²) >= 11 is 0. The van der Waals surface area contributed by atoms with Crippen LogP contribution in [-0.2, 0) is 0 Å². The summed E-state index contributed by atoms with van der Waals surface area (Å²) in [5, 5.41) is 24.7. The highest BCUT2D eigenvalue weighted by atomic mass is 16.6. The van der Waals surface area contributed by atoms with Crippen molar-refractivity contribution < 1.29 is 14.6 Å². The molecule has 2 aromatic rings. The van der Waals surface area contributed by atoms with Crippen molar-refractivity contribution in [3.8, 4) is 0 Å². The van der Waals surface area contributed by atoms with E-state index < -0.39 is 21.4 Å². The first-order valence-corrected chi connectivity index (χ1v) is 6.98. The number of aromatic nitrogens is 2. The Morgan fingerprint density at radius 1 is 1.16 bits per heavy atom. The maximum absolute atomic E-state index is 12.1. The van der Waals surface area contributed by atoms with Gasteiger partial charge in [0.2, 0.25) is 11.6 Å². The molecule has 1 aromatic heterocycles. The van der Waals surface area contributed by atoms with Gasteiger partial charge in [-0.2, -0.15) is 0 Å². The number of non-ortho nitro benzene ring substituents is 1. The van der Waals surface area contributed by atoms with E-state index >= 15 is 0 Å². The van der Waals surface area contributed by atoms with Gasteiger partial charge >= 0.3 is 5.69 Å². The Hall–Kier alpha value is -3.83. The van der Waals surface area contributed by atoms with Crippen molar-refractivity contribution in [1.29, 1.82) is 0 Å². The standard InChI is InChI=1S/C13H13N7O5/c1-2-14-11-10(20(24)25)12(16-7-15-11)17-18-13(21)8-4-3-5-9(6-8)19(22)23/h3-7H,2H2,1H3,(H,18,21)(H2,14,15,16,17). The van der Waals surface area contributed by atoms with Crippen LogP contribution in [0.5, 0.6) is 0 Å². The van der Waals surface area contributed by atoms with E-state index in [1.807, 2.05) is 0 Å². The van der Waals surface area contributed by atoms with E-state index in [2.05, 4.69) is 26.1 Å². The van der Waals surface area contributed by atoms with Crippen LogP contribution in [0.1, 0.15) is 17.3 Å². The predicted octanol–water partition coefficient (Wildman–Crippen LogP) is 1.48. The summed E-state index contributed by atoms with van der Waals surface area (Å²) in [6.45, 7) is 2.14. The number of nitro groups is 2. The molecule has 1 amide bonds. The first-order valence-electron chi connectivity index (χ1n) is 6.98. The smallest absolute Gasteiger partial charge is 0.354 e. The van der Waals surface area contributed by atoms with Gasteiger partial charge in [-0.3, -0.25) is 35.9 Å². The van der Waals surface area contributed by atoms with Crippen molar-refractivity contribution in [2.75, 3.05) is 17.3 Å². The van der Waals surface area contributed by atoms with Gasteiger partial charge in [-0.25, -0.2) is 9.97 Å². The number of benzene rings is 1. The summed E-state index contributed by atoms with van der Waals surface area (Å²) in [4.78, 5) is 40.2. The number of carbonyl (C=O) groups is 1. The summed E-state index contributed by atoms with van der Waals surface area (Å²) in [6, 6.07) is 5.03. The number of carbonyl (C=O) groups excluding carboxylic acids is 1. The predicted molar refractivity (Wildman–Crippen MR) is 87.0 cm³/mol. The van der Waals surface area contributed by atoms with E-state index in [4.69, 9.17) is 0 Å². The third kappa shape index (κ3) is 4.13. The zero-order chi connectivity index (χ0) is 18.4. The van der Waals surface area contributed by atoms with Gasteiger partial charge in [0.1, 0.15) is 6.33 Å². The number of hydrogen-bond acceptors (Lipinski definition) is 9. The minimum absolute atomic E-state index is 0.00492. The van der Waals surface area contributed by atoms with Gasteiger partial charge in [0, 0.05) is 24.2 Å². The van der Waals surface area contributed by atoms with Crippen molar-refractivity contribution in [2.45, 2.75) is 6.92 Å². The molecule has 3 N–H and O–H groups in total. The first kappa shape index (κ1) is 17.5. The average Bonchev–Trinajstić information content (AvgIpc) is 2.59. The summed E-state index contributed by atoms with van der Waals surface area (Å²) < 4.78 is 0. The van der Waals surface area contributed by atoms with E-state index in [0.29, 0.717) is 6.54 Å². The molecule has 0 saturated carbocycles. The third-order valence-corrected chi connectivity index (χ3v) is 2.96. The molecular formula is C13H13N7O5. The number of amides is 1. The largest absolute Gasteiger partial charge is 0.364 e. The third-order valence-electron chi connectivity index (χ3n) is 2.96. The lowest BCUT2D eigenvalue weighted by Gasteiger charge is -2.10. The molecule has 0 spiro atoms. The molecule has 0 bridgehead atoms. The molecule has 25 heavy (non-hydrogen) atoms. The zero-order valence-corrected chi connectivity index (χ0v) is 12.9. The van der Waals surface area contributed by atoms with Crippen molar-refractivity contribution in [1.82, 2.24) is 15.4 Å². The van der Waals surface area contributed by atoms with E-state index in [-0.39, 0.29) is 22.9 Å². The number of anilines is 2. The Balaban J connectivity index is 2.19. The molecule has 0 fully saturated rings. The first-order chi connectivity index (χ1) is 11.9. The minimum atomic E-state index is -0.721. The maximum atomic E-state index is 12.1. The molecule has 2 rings (SSSR count). The molecule has 0 aliphatic rings. The van der Waals surface area contributed by atoms with Crippen molar-refractivity contribution in [3.63, 3.8) is 0 Å². The van der Waals surface area contributed by atoms with E-state index in [1.165, 1.54) is 18.2 Å². The second-order valence-electron chi connectivity index (χ2n) is 4.59. The van der Waals surface area contributed by atoms with Crippen LogP contribution in [0, 0.1) is 20.2 Å². The van der Waals surface area contributed by atoms with Crippen LogP contribution in [-0.4, -0.2) is 32.3 Å². The van der Waals surface area contributed by atoms with Gasteiger partial charge in [0.15, 0.2) is 0 Å². The molecule has 0 aliphatic carbocycles. The maximum Gasteiger partial charge on any atom is 0.354 e. The van der Waals surface area contributed by atoms with Gasteiger partial charge in [-0.05, 0) is 13.0 Å². The molecule has 0 saturated heterocycles. The van der Waals surface area contributed by atoms with Crippen LogP contribution in [0.15, 0.2) is 30.6 Å². The van der Waals surface area contributed by atoms with Crippen molar-refractivity contribution in [2.24, 2.45) is 0 Å². The molecule has 12 heteroatoms. The average molecular weight is 347 g/mol. The summed E-state index contributed by atoms with van der Waals surface area (Å²) in [7, 11) is 0. The van der Waals surface area contributed by atoms with E-state index in [0.717, 1.165) is 12.4 Å². The van der Waals surface area contributed by atoms with Crippen molar-refractivity contribution in [3.05, 3.63) is 56.4 Å². The van der Waals surface area contributed by atoms with Crippen LogP contribution >= 0.6 is 0 Å². The Labute approximate surface area is 140 Å². The van der Waals surface area contributed by atoms with Gasteiger partial charge < -0.3 is 5.32 Å². The molecule has 0 unspecified atom stereocenters. The SMILES string of the molecule is CCNc1ncnc(NNC(=O)c2cccc([N+](=O)[O-])c2)c1[N+](=O)[O-]. The van der Waals surface area contributed by atoms with Gasteiger partial charge in [0.05, 0.1) is 9.85 Å². The number of hydrazine groups is 1. The van der Waals surface area contributed by atoms with Crippen LogP contribution < -0.4 is 16.2 Å². The molecule has 0 radical (unpaired) electrons. The van der Waals surface area contributed by atoms with Crippen LogP contribution in [0.25, 0.3) is 0 Å². The minimum Gasteiger partial charge on any atom is -0.364 e. The van der Waals surface area contributed by atoms with Crippen LogP contribution in [0.2, 0.25) is 0 Å². The Bertz CT molecular complexity index is 826. The lowest BCUT2D eigenvalue weighted by Crippen LogP contribution is -2.30. The normalized spacial score (nSPS) is 9.96. The molecule has 0 atom stereocenters. The topological polar surface area (TPSA) is 165 Å². The van der Waals surface area contributed by atoms with E-state index in [1.54, 1.807) is 6.92 Å². The number of nitrogens with one attached hydrogen (secondary N) is 3. The number of hydrogen-bond donors (Lipinski definition) is 3. The monoisotopic (exact) mass is 347 g/mol. The number of rotatable bonds is 7. The number of nitrogens with zero attached hydrogens (tertiary/aromatic N) is 4. The van der Waals surface area contributed by atoms with Gasteiger partial charge in [-0.1, -0.05) is 6.07 Å². The molecule has 130 valence electrons. The highest BCUT2D eigenvalue weighted by molar-refractivity contribution is 5.95. The summed E-state index contributed by atoms with van der Waals surface area (Å²) in [5.41, 5.74) is 3.86.